The Hall–Kier alpha value is -3.88. The number of alkyl carbamates (subject to hydrolysis) is 1. The number of nitrogens with zero attached hydrogens (tertiary/aromatic N) is 1. The molecule has 2 N–H and O–H groups in total. The Morgan fingerprint density at radius 3 is 2.24 bits per heavy atom. The molecule has 0 radical (unpaired) electrons. The molecule has 2 aromatic rings. The van der Waals surface area contributed by atoms with Crippen LogP contribution in [0.2, 0.25) is 0 Å². The van der Waals surface area contributed by atoms with Gasteiger partial charge in [-0.2, -0.15) is 0 Å². The fourth-order valence-electron chi connectivity index (χ4n) is 4.56. The monoisotopic (exact) mass is 581 g/mol. The molecule has 0 heterocycles. The van der Waals surface area contributed by atoms with E-state index in [0.717, 1.165) is 16.7 Å². The van der Waals surface area contributed by atoms with Crippen LogP contribution in [0.25, 0.3) is 0 Å². The third-order valence-corrected chi connectivity index (χ3v) is 6.78. The summed E-state index contributed by atoms with van der Waals surface area (Å²) in [6, 6.07) is 12.8. The fraction of sp³-hybridized carbons (Fsp3) is 0.515. The van der Waals surface area contributed by atoms with Gasteiger partial charge in [0.25, 0.3) is 0 Å². The first-order chi connectivity index (χ1) is 19.8. The molecule has 2 aromatic carbocycles. The number of ether oxygens (including phenoxy) is 2. The summed E-state index contributed by atoms with van der Waals surface area (Å²) in [7, 11) is 0. The number of esters is 1. The zero-order valence-corrected chi connectivity index (χ0v) is 26.3. The molecule has 42 heavy (non-hydrogen) atoms. The molecule has 9 heteroatoms. The molecule has 0 bridgehead atoms. The Kier molecular flexibility index (Phi) is 13.0. The molecular formula is C33H47N3O6. The standard InChI is InChI=1S/C33H47N3O6/c1-9-24(5)36(31(39)27(21-25-14-12-11-13-15-25)35-32(40)42-33(6,7)8)29(26-20-22(3)16-17-23(26)4)30(38)34-19-18-28(37)41-10-2/h11-17,20,24,27,29H,9-10,18-19,21H2,1-8H3,(H,34,38)(H,35,40). The lowest BCUT2D eigenvalue weighted by atomic mass is 9.94. The predicted octanol–water partition coefficient (Wildman–Crippen LogP) is 5.18. The molecule has 0 fully saturated rings. The lowest BCUT2D eigenvalue weighted by Crippen LogP contribution is -2.56. The Balaban J connectivity index is 2.57. The maximum Gasteiger partial charge on any atom is 0.408 e. The second-order valence-corrected chi connectivity index (χ2v) is 11.5. The Labute approximate surface area is 250 Å². The number of carbonyl (C=O) groups excluding carboxylic acids is 4. The lowest BCUT2D eigenvalue weighted by molar-refractivity contribution is -0.146. The molecule has 3 unspecified atom stereocenters. The summed E-state index contributed by atoms with van der Waals surface area (Å²) in [5.74, 6) is -1.25. The smallest absolute Gasteiger partial charge is 0.408 e. The minimum absolute atomic E-state index is 0.00715. The average molecular weight is 582 g/mol. The summed E-state index contributed by atoms with van der Waals surface area (Å²) in [5, 5.41) is 5.63. The molecule has 0 aliphatic carbocycles. The zero-order valence-electron chi connectivity index (χ0n) is 26.3. The minimum atomic E-state index is -1.01. The summed E-state index contributed by atoms with van der Waals surface area (Å²) in [6.45, 7) is 14.9. The molecule has 230 valence electrons. The third-order valence-electron chi connectivity index (χ3n) is 6.78. The molecule has 3 amide bonds. The van der Waals surface area contributed by atoms with Crippen LogP contribution < -0.4 is 10.6 Å². The average Bonchev–Trinajstić information content (AvgIpc) is 2.91. The second kappa shape index (κ2) is 15.9. The van der Waals surface area contributed by atoms with Gasteiger partial charge in [-0.3, -0.25) is 14.4 Å². The molecule has 0 aromatic heterocycles. The van der Waals surface area contributed by atoms with E-state index in [2.05, 4.69) is 10.6 Å². The maximum atomic E-state index is 14.5. The third kappa shape index (κ3) is 10.5. The van der Waals surface area contributed by atoms with E-state index in [1.807, 2.05) is 76.2 Å². The van der Waals surface area contributed by atoms with E-state index >= 15 is 0 Å². The van der Waals surface area contributed by atoms with Crippen molar-refractivity contribution < 1.29 is 28.7 Å². The molecule has 0 saturated heterocycles. The highest BCUT2D eigenvalue weighted by Crippen LogP contribution is 2.30. The van der Waals surface area contributed by atoms with E-state index in [9.17, 15) is 19.2 Å². The lowest BCUT2D eigenvalue weighted by Gasteiger charge is -2.39. The van der Waals surface area contributed by atoms with Gasteiger partial charge in [0, 0.05) is 19.0 Å². The molecule has 0 aliphatic rings. The van der Waals surface area contributed by atoms with Gasteiger partial charge < -0.3 is 25.0 Å². The Morgan fingerprint density at radius 2 is 1.64 bits per heavy atom. The van der Waals surface area contributed by atoms with Crippen LogP contribution in [-0.4, -0.2) is 59.6 Å². The van der Waals surface area contributed by atoms with Crippen molar-refractivity contribution in [2.45, 2.75) is 98.4 Å². The molecular weight excluding hydrogens is 534 g/mol. The van der Waals surface area contributed by atoms with Crippen LogP contribution in [0.1, 0.15) is 82.7 Å². The molecule has 0 spiro atoms. The van der Waals surface area contributed by atoms with E-state index < -0.39 is 41.6 Å². The number of carbonyl (C=O) groups is 4. The zero-order chi connectivity index (χ0) is 31.4. The van der Waals surface area contributed by atoms with Crippen LogP contribution in [-0.2, 0) is 30.3 Å². The summed E-state index contributed by atoms with van der Waals surface area (Å²) in [4.78, 5) is 54.9. The summed E-state index contributed by atoms with van der Waals surface area (Å²) in [5.41, 5.74) is 2.53. The van der Waals surface area contributed by atoms with Crippen LogP contribution in [0, 0.1) is 13.8 Å². The van der Waals surface area contributed by atoms with Crippen molar-refractivity contribution in [2.24, 2.45) is 0 Å². The van der Waals surface area contributed by atoms with Crippen molar-refractivity contribution >= 4 is 23.9 Å². The first kappa shape index (κ1) is 34.3. The van der Waals surface area contributed by atoms with Gasteiger partial charge in [-0.05, 0) is 71.6 Å². The van der Waals surface area contributed by atoms with Gasteiger partial charge in [-0.25, -0.2) is 4.79 Å². The highest BCUT2D eigenvalue weighted by atomic mass is 16.6. The largest absolute Gasteiger partial charge is 0.466 e. The van der Waals surface area contributed by atoms with Gasteiger partial charge in [0.2, 0.25) is 11.8 Å². The van der Waals surface area contributed by atoms with Crippen LogP contribution in [0.4, 0.5) is 4.79 Å². The van der Waals surface area contributed by atoms with Gasteiger partial charge in [0.15, 0.2) is 0 Å². The van der Waals surface area contributed by atoms with E-state index in [-0.39, 0.29) is 32.0 Å². The van der Waals surface area contributed by atoms with Crippen LogP contribution >= 0.6 is 0 Å². The van der Waals surface area contributed by atoms with E-state index in [1.165, 1.54) is 0 Å². The minimum Gasteiger partial charge on any atom is -0.466 e. The number of benzene rings is 2. The summed E-state index contributed by atoms with van der Waals surface area (Å²) < 4.78 is 10.5. The van der Waals surface area contributed by atoms with E-state index in [4.69, 9.17) is 9.47 Å². The van der Waals surface area contributed by atoms with Crippen molar-refractivity contribution in [1.29, 1.82) is 0 Å². The Morgan fingerprint density at radius 1 is 0.976 bits per heavy atom. The number of hydrogen-bond acceptors (Lipinski definition) is 6. The Bertz CT molecular complexity index is 1210. The fourth-order valence-corrected chi connectivity index (χ4v) is 4.56. The van der Waals surface area contributed by atoms with Crippen LogP contribution in [0.5, 0.6) is 0 Å². The van der Waals surface area contributed by atoms with Gasteiger partial charge in [0.05, 0.1) is 13.0 Å². The van der Waals surface area contributed by atoms with Gasteiger partial charge in [-0.15, -0.1) is 0 Å². The highest BCUT2D eigenvalue weighted by Gasteiger charge is 2.39. The molecule has 3 atom stereocenters. The molecule has 9 nitrogen and oxygen atoms in total. The van der Waals surface area contributed by atoms with Crippen LogP contribution in [0.3, 0.4) is 0 Å². The van der Waals surface area contributed by atoms with Crippen molar-refractivity contribution in [3.63, 3.8) is 0 Å². The number of aryl methyl sites for hydroxylation is 2. The van der Waals surface area contributed by atoms with Gasteiger partial charge >= 0.3 is 12.1 Å². The SMILES string of the molecule is CCOC(=O)CCNC(=O)C(c1cc(C)ccc1C)N(C(=O)C(Cc1ccccc1)NC(=O)OC(C)(C)C)C(C)CC. The molecule has 2 rings (SSSR count). The van der Waals surface area contributed by atoms with Crippen LogP contribution in [0.15, 0.2) is 48.5 Å². The topological polar surface area (TPSA) is 114 Å². The van der Waals surface area contributed by atoms with Crippen molar-refractivity contribution in [3.8, 4) is 0 Å². The van der Waals surface area contributed by atoms with Crippen molar-refractivity contribution in [2.75, 3.05) is 13.2 Å². The number of hydrogen-bond donors (Lipinski definition) is 2. The van der Waals surface area contributed by atoms with Gasteiger partial charge in [0.1, 0.15) is 17.7 Å². The molecule has 0 saturated carbocycles. The summed E-state index contributed by atoms with van der Waals surface area (Å²) in [6.07, 6.45) is 0.0552. The highest BCUT2D eigenvalue weighted by molar-refractivity contribution is 5.93. The summed E-state index contributed by atoms with van der Waals surface area (Å²) >= 11 is 0. The molecule has 0 aliphatic heterocycles. The van der Waals surface area contributed by atoms with E-state index in [1.54, 1.807) is 32.6 Å². The predicted molar refractivity (Wildman–Crippen MR) is 163 cm³/mol. The normalized spacial score (nSPS) is 13.3. The second-order valence-electron chi connectivity index (χ2n) is 11.5. The number of nitrogens with one attached hydrogen (secondary N) is 2. The van der Waals surface area contributed by atoms with Gasteiger partial charge in [-0.1, -0.05) is 61.0 Å². The number of rotatable bonds is 13. The quantitative estimate of drug-likeness (QED) is 0.315. The number of amides is 3. The first-order valence-electron chi connectivity index (χ1n) is 14.6. The maximum absolute atomic E-state index is 14.5. The first-order valence-corrected chi connectivity index (χ1v) is 14.6. The van der Waals surface area contributed by atoms with Crippen molar-refractivity contribution in [3.05, 3.63) is 70.8 Å². The van der Waals surface area contributed by atoms with E-state index in [0.29, 0.717) is 12.0 Å². The van der Waals surface area contributed by atoms with Crippen molar-refractivity contribution in [1.82, 2.24) is 15.5 Å².